The van der Waals surface area contributed by atoms with Gasteiger partial charge in [0.15, 0.2) is 0 Å². The Kier molecular flexibility index (Phi) is 11.8. The van der Waals surface area contributed by atoms with E-state index in [4.69, 9.17) is 9.26 Å². The summed E-state index contributed by atoms with van der Waals surface area (Å²) in [7, 11) is 2.14. The van der Waals surface area contributed by atoms with Crippen molar-refractivity contribution in [2.45, 2.75) is 66.5 Å². The number of likely N-dealkylation sites (N-methyl/N-ethyl adjacent to an activating group) is 1. The molecule has 1 aliphatic rings. The van der Waals surface area contributed by atoms with Gasteiger partial charge in [0.05, 0.1) is 12.0 Å². The number of carbonyl (C=O) groups excluding carboxylic acids is 1. The molecule has 0 saturated carbocycles. The molecule has 1 aliphatic heterocycles. The molecule has 1 saturated heterocycles. The highest BCUT2D eigenvalue weighted by Crippen LogP contribution is 2.66. The number of hydrogen-bond acceptors (Lipinski definition) is 7. The van der Waals surface area contributed by atoms with Crippen molar-refractivity contribution in [3.05, 3.63) is 0 Å². The molecule has 6 nitrogen and oxygen atoms in total. The molecule has 0 bridgehead atoms. The van der Waals surface area contributed by atoms with E-state index >= 15 is 0 Å². The van der Waals surface area contributed by atoms with E-state index in [-0.39, 0.29) is 23.5 Å². The Labute approximate surface area is 182 Å². The average molecular weight is 451 g/mol. The Morgan fingerprint density at radius 3 is 2.31 bits per heavy atom. The zero-order chi connectivity index (χ0) is 22.1. The molecule has 0 aromatic carbocycles. The van der Waals surface area contributed by atoms with Crippen LogP contribution in [0.4, 0.5) is 0 Å². The second-order valence-electron chi connectivity index (χ2n) is 9.05. The molecule has 1 fully saturated rings. The summed E-state index contributed by atoms with van der Waals surface area (Å²) in [6.07, 6.45) is 2.36. The first-order valence-electron chi connectivity index (χ1n) is 11.0. The zero-order valence-electron chi connectivity index (χ0n) is 19.6. The van der Waals surface area contributed by atoms with Crippen molar-refractivity contribution >= 4 is 23.9 Å². The van der Waals surface area contributed by atoms with E-state index in [0.29, 0.717) is 6.61 Å². The third kappa shape index (κ3) is 8.90. The summed E-state index contributed by atoms with van der Waals surface area (Å²) in [5, 5.41) is 0. The van der Waals surface area contributed by atoms with Crippen molar-refractivity contribution in [1.29, 1.82) is 0 Å². The third-order valence-corrected chi connectivity index (χ3v) is 11.1. The van der Waals surface area contributed by atoms with E-state index in [1.807, 2.05) is 27.7 Å². The monoisotopic (exact) mass is 450 g/mol. The summed E-state index contributed by atoms with van der Waals surface area (Å²) >= 11 is 1.19. The zero-order valence-corrected chi connectivity index (χ0v) is 21.3. The number of nitrogens with zero attached hydrogens (tertiary/aromatic N) is 2. The predicted molar refractivity (Wildman–Crippen MR) is 124 cm³/mol. The first-order chi connectivity index (χ1) is 13.6. The smallest absolute Gasteiger partial charge is 0.312 e. The summed E-state index contributed by atoms with van der Waals surface area (Å²) in [4.78, 5) is 17.4. The molecule has 0 aromatic rings. The first-order valence-corrected chi connectivity index (χ1v) is 14.3. The maximum atomic E-state index is 13.5. The number of ether oxygens (including phenoxy) is 1. The van der Waals surface area contributed by atoms with Crippen LogP contribution >= 0.6 is 18.0 Å². The van der Waals surface area contributed by atoms with Gasteiger partial charge < -0.3 is 19.1 Å². The fourth-order valence-electron chi connectivity index (χ4n) is 3.47. The molecule has 0 N–H and O–H groups in total. The van der Waals surface area contributed by atoms with E-state index in [9.17, 15) is 9.36 Å². The van der Waals surface area contributed by atoms with E-state index in [0.717, 1.165) is 52.0 Å². The van der Waals surface area contributed by atoms with Gasteiger partial charge in [0, 0.05) is 31.8 Å². The topological polar surface area (TPSA) is 59.1 Å². The summed E-state index contributed by atoms with van der Waals surface area (Å²) in [6.45, 7) is 14.7. The minimum atomic E-state index is -2.93. The fraction of sp³-hybridized carbons (Fsp3) is 0.952. The highest BCUT2D eigenvalue weighted by atomic mass is 32.7. The van der Waals surface area contributed by atoms with Gasteiger partial charge in [-0.25, -0.2) is 0 Å². The van der Waals surface area contributed by atoms with E-state index in [2.05, 4.69) is 30.7 Å². The van der Waals surface area contributed by atoms with Crippen molar-refractivity contribution < 1.29 is 18.6 Å². The van der Waals surface area contributed by atoms with Crippen molar-refractivity contribution in [2.75, 3.05) is 52.3 Å². The van der Waals surface area contributed by atoms with Crippen LogP contribution in [-0.2, 0) is 18.6 Å². The predicted octanol–water partition coefficient (Wildman–Crippen LogP) is 4.94. The number of hydrogen-bond donors (Lipinski definition) is 0. The van der Waals surface area contributed by atoms with Gasteiger partial charge in [0.2, 0.25) is 0 Å². The van der Waals surface area contributed by atoms with Crippen LogP contribution < -0.4 is 0 Å². The van der Waals surface area contributed by atoms with E-state index in [1.165, 1.54) is 11.4 Å². The molecule has 0 aromatic heterocycles. The first kappa shape index (κ1) is 27.0. The molecule has 2 unspecified atom stereocenters. The van der Waals surface area contributed by atoms with Crippen LogP contribution in [-0.4, -0.2) is 73.7 Å². The van der Waals surface area contributed by atoms with Crippen molar-refractivity contribution in [3.63, 3.8) is 0 Å². The molecular formula is C21H43N2O4PS. The fourth-order valence-corrected chi connectivity index (χ4v) is 8.64. The largest absolute Gasteiger partial charge is 0.454 e. The van der Waals surface area contributed by atoms with Gasteiger partial charge in [0.1, 0.15) is 5.94 Å². The molecular weight excluding hydrogens is 407 g/mol. The Morgan fingerprint density at radius 1 is 1.17 bits per heavy atom. The summed E-state index contributed by atoms with van der Waals surface area (Å²) in [6, 6.07) is 0. The molecule has 0 aliphatic carbocycles. The second kappa shape index (κ2) is 12.7. The van der Waals surface area contributed by atoms with Crippen LogP contribution in [0.1, 0.15) is 60.8 Å². The Hall–Kier alpha value is -0.0700. The number of piperazine rings is 1. The normalized spacial score (nSPS) is 19.9. The van der Waals surface area contributed by atoms with Crippen LogP contribution in [0, 0.1) is 11.3 Å². The van der Waals surface area contributed by atoms with Gasteiger partial charge in [-0.1, -0.05) is 27.7 Å². The quantitative estimate of drug-likeness (QED) is 0.224. The van der Waals surface area contributed by atoms with Gasteiger partial charge in [-0.05, 0) is 64.0 Å². The molecule has 8 heteroatoms. The highest BCUT2D eigenvalue weighted by molar-refractivity contribution is 8.56. The molecule has 1 rings (SSSR count). The molecule has 2 atom stereocenters. The number of rotatable bonds is 13. The van der Waals surface area contributed by atoms with Crippen molar-refractivity contribution in [2.24, 2.45) is 11.3 Å². The van der Waals surface area contributed by atoms with Crippen LogP contribution in [0.2, 0.25) is 0 Å². The molecule has 29 heavy (non-hydrogen) atoms. The Morgan fingerprint density at radius 2 is 1.79 bits per heavy atom. The number of carbonyl (C=O) groups is 1. The van der Waals surface area contributed by atoms with Gasteiger partial charge in [-0.3, -0.25) is 9.36 Å². The molecule has 0 radical (unpaired) electrons. The molecule has 0 amide bonds. The molecule has 0 spiro atoms. The average Bonchev–Trinajstić information content (AvgIpc) is 2.66. The molecule has 1 heterocycles. The highest BCUT2D eigenvalue weighted by Gasteiger charge is 2.37. The minimum Gasteiger partial charge on any atom is -0.454 e. The summed E-state index contributed by atoms with van der Waals surface area (Å²) in [5.41, 5.74) is -0.580. The maximum absolute atomic E-state index is 13.5. The maximum Gasteiger partial charge on any atom is 0.312 e. The van der Waals surface area contributed by atoms with Gasteiger partial charge in [0.25, 0.3) is 6.57 Å². The number of esters is 1. The molecule has 172 valence electrons. The minimum absolute atomic E-state index is 0.0250. The third-order valence-electron chi connectivity index (χ3n) is 5.69. The lowest BCUT2D eigenvalue weighted by atomic mass is 9.89. The lowest BCUT2D eigenvalue weighted by Crippen LogP contribution is -2.45. The lowest BCUT2D eigenvalue weighted by molar-refractivity contribution is -0.152. The van der Waals surface area contributed by atoms with E-state index < -0.39 is 12.0 Å². The second-order valence-corrected chi connectivity index (χ2v) is 13.8. The van der Waals surface area contributed by atoms with E-state index in [1.54, 1.807) is 0 Å². The van der Waals surface area contributed by atoms with Crippen LogP contribution in [0.25, 0.3) is 0 Å². The van der Waals surface area contributed by atoms with Crippen LogP contribution in [0.15, 0.2) is 0 Å². The van der Waals surface area contributed by atoms with Crippen LogP contribution in [0.3, 0.4) is 0 Å². The Bertz CT molecular complexity index is 537. The van der Waals surface area contributed by atoms with Crippen LogP contribution in [0.5, 0.6) is 0 Å². The summed E-state index contributed by atoms with van der Waals surface area (Å²) < 4.78 is 24.8. The van der Waals surface area contributed by atoms with Crippen molar-refractivity contribution in [1.82, 2.24) is 9.80 Å². The van der Waals surface area contributed by atoms with Gasteiger partial charge in [-0.15, -0.1) is 0 Å². The van der Waals surface area contributed by atoms with Gasteiger partial charge >= 0.3 is 5.97 Å². The standard InChI is InChI=1S/C21H43N2O4PS/c1-8-16-27-28(25,19(9-2)18(3)4)29-17-26-20(24)21(5,6)10-11-23-14-12-22(7)13-15-23/h18-19H,8-17H2,1-7H3. The van der Waals surface area contributed by atoms with Gasteiger partial charge in [-0.2, -0.15) is 0 Å². The van der Waals surface area contributed by atoms with Crippen molar-refractivity contribution in [3.8, 4) is 0 Å². The Balaban J connectivity index is 2.55. The summed E-state index contributed by atoms with van der Waals surface area (Å²) in [5.74, 6) is 0.116. The SMILES string of the molecule is CCCOP(=O)(SCOC(=O)C(C)(C)CCN1CCN(C)CC1)C(CC)C(C)C. The lowest BCUT2D eigenvalue weighted by Gasteiger charge is -2.34.